The van der Waals surface area contributed by atoms with Crippen LogP contribution in [0.1, 0.15) is 12.0 Å². The highest BCUT2D eigenvalue weighted by Crippen LogP contribution is 2.36. The van der Waals surface area contributed by atoms with Crippen LogP contribution in [0, 0.1) is 0 Å². The van der Waals surface area contributed by atoms with Crippen molar-refractivity contribution in [2.24, 2.45) is 0 Å². The molecule has 0 radical (unpaired) electrons. The van der Waals surface area contributed by atoms with Crippen LogP contribution >= 0.6 is 11.8 Å². The Hall–Kier alpha value is -2.58. The number of rotatable bonds is 5. The third-order valence-electron chi connectivity index (χ3n) is 4.71. The van der Waals surface area contributed by atoms with Crippen LogP contribution in [-0.4, -0.2) is 48.4 Å². The largest absolute Gasteiger partial charge is 0.378 e. The fourth-order valence-electron chi connectivity index (χ4n) is 3.17. The summed E-state index contributed by atoms with van der Waals surface area (Å²) in [5.41, 5.74) is 1.73. The Morgan fingerprint density at radius 3 is 2.86 bits per heavy atom. The number of fused-ring (bicyclic) bond motifs is 1. The number of hydrogen-bond acceptors (Lipinski definition) is 6. The van der Waals surface area contributed by atoms with E-state index in [0.717, 1.165) is 48.3 Å². The second kappa shape index (κ2) is 8.62. The van der Waals surface area contributed by atoms with Crippen LogP contribution in [0.15, 0.2) is 47.5 Å². The maximum absolute atomic E-state index is 12.3. The van der Waals surface area contributed by atoms with Gasteiger partial charge in [-0.25, -0.2) is 4.98 Å². The van der Waals surface area contributed by atoms with E-state index >= 15 is 0 Å². The second-order valence-electron chi connectivity index (χ2n) is 6.70. The Morgan fingerprint density at radius 1 is 1.25 bits per heavy atom. The highest BCUT2D eigenvalue weighted by molar-refractivity contribution is 8.01. The number of para-hydroxylation sites is 1. The van der Waals surface area contributed by atoms with Crippen LogP contribution in [0.4, 0.5) is 11.5 Å². The number of carbonyl (C=O) groups is 2. The number of ether oxygens (including phenoxy) is 1. The molecule has 4 rings (SSSR count). The normalized spacial score (nSPS) is 18.9. The number of thioether (sulfide) groups is 1. The van der Waals surface area contributed by atoms with E-state index in [4.69, 9.17) is 4.74 Å². The Bertz CT molecular complexity index is 853. The van der Waals surface area contributed by atoms with Gasteiger partial charge in [-0.3, -0.25) is 9.59 Å². The molecule has 8 heteroatoms. The predicted octanol–water partition coefficient (Wildman–Crippen LogP) is 2.04. The molecule has 1 aromatic heterocycles. The Labute approximate surface area is 167 Å². The van der Waals surface area contributed by atoms with E-state index in [2.05, 4.69) is 20.5 Å². The lowest BCUT2D eigenvalue weighted by Crippen LogP contribution is -2.36. The standard InChI is InChI=1S/C20H22N4O3S/c25-19(11-17-20(26)23-15-3-1-2-4-16(15)28-17)22-13-14-5-6-18(21-12-14)24-7-9-27-10-8-24/h1-6,12,17H,7-11,13H2,(H,22,25)(H,23,26)/t17-/m0/s1. The van der Waals surface area contributed by atoms with Gasteiger partial charge in [-0.2, -0.15) is 0 Å². The Morgan fingerprint density at radius 2 is 2.07 bits per heavy atom. The van der Waals surface area contributed by atoms with Crippen molar-refractivity contribution in [3.8, 4) is 0 Å². The summed E-state index contributed by atoms with van der Waals surface area (Å²) in [6.45, 7) is 3.51. The molecule has 2 N–H and O–H groups in total. The first-order valence-corrected chi connectivity index (χ1v) is 10.2. The molecule has 2 aromatic rings. The molecule has 28 heavy (non-hydrogen) atoms. The number of pyridine rings is 1. The minimum Gasteiger partial charge on any atom is -0.378 e. The van der Waals surface area contributed by atoms with Crippen LogP contribution in [0.25, 0.3) is 0 Å². The number of amides is 2. The minimum atomic E-state index is -0.420. The zero-order valence-corrected chi connectivity index (χ0v) is 16.2. The summed E-state index contributed by atoms with van der Waals surface area (Å²) in [5, 5.41) is 5.33. The van der Waals surface area contributed by atoms with Gasteiger partial charge in [-0.05, 0) is 23.8 Å². The monoisotopic (exact) mass is 398 g/mol. The van der Waals surface area contributed by atoms with Crippen LogP contribution < -0.4 is 15.5 Å². The third-order valence-corrected chi connectivity index (χ3v) is 5.99. The van der Waals surface area contributed by atoms with Gasteiger partial charge in [0.2, 0.25) is 11.8 Å². The van der Waals surface area contributed by atoms with Crippen molar-refractivity contribution in [2.75, 3.05) is 36.5 Å². The summed E-state index contributed by atoms with van der Waals surface area (Å²) in [6, 6.07) is 11.6. The maximum atomic E-state index is 12.3. The number of morpholine rings is 1. The van der Waals surface area contributed by atoms with Crippen LogP contribution in [0.2, 0.25) is 0 Å². The topological polar surface area (TPSA) is 83.6 Å². The number of benzene rings is 1. The average molecular weight is 398 g/mol. The molecular formula is C20H22N4O3S. The van der Waals surface area contributed by atoms with Gasteiger partial charge in [-0.15, -0.1) is 11.8 Å². The zero-order valence-electron chi connectivity index (χ0n) is 15.4. The molecule has 1 atom stereocenters. The predicted molar refractivity (Wildman–Crippen MR) is 108 cm³/mol. The highest BCUT2D eigenvalue weighted by Gasteiger charge is 2.28. The van der Waals surface area contributed by atoms with Gasteiger partial charge >= 0.3 is 0 Å². The summed E-state index contributed by atoms with van der Waals surface area (Å²) in [6.07, 6.45) is 1.92. The molecule has 0 saturated carbocycles. The van der Waals surface area contributed by atoms with Crippen molar-refractivity contribution in [1.82, 2.24) is 10.3 Å². The molecule has 1 aromatic carbocycles. The number of nitrogens with zero attached hydrogens (tertiary/aromatic N) is 2. The van der Waals surface area contributed by atoms with Crippen molar-refractivity contribution >= 4 is 35.1 Å². The van der Waals surface area contributed by atoms with E-state index in [0.29, 0.717) is 6.54 Å². The molecule has 0 unspecified atom stereocenters. The lowest BCUT2D eigenvalue weighted by molar-refractivity contribution is -0.124. The number of hydrogen-bond donors (Lipinski definition) is 2. The van der Waals surface area contributed by atoms with E-state index in [1.807, 2.05) is 36.4 Å². The lowest BCUT2D eigenvalue weighted by Gasteiger charge is -2.27. The van der Waals surface area contributed by atoms with Gasteiger partial charge in [-0.1, -0.05) is 18.2 Å². The molecule has 2 aliphatic heterocycles. The minimum absolute atomic E-state index is 0.129. The number of carbonyl (C=O) groups excluding carboxylic acids is 2. The molecular weight excluding hydrogens is 376 g/mol. The highest BCUT2D eigenvalue weighted by atomic mass is 32.2. The molecule has 1 saturated heterocycles. The molecule has 146 valence electrons. The number of aromatic nitrogens is 1. The molecule has 0 spiro atoms. The molecule has 2 amide bonds. The van der Waals surface area contributed by atoms with Crippen molar-refractivity contribution in [2.45, 2.75) is 23.1 Å². The van der Waals surface area contributed by atoms with E-state index in [1.54, 1.807) is 6.20 Å². The lowest BCUT2D eigenvalue weighted by atomic mass is 10.2. The molecule has 0 bridgehead atoms. The number of anilines is 2. The van der Waals surface area contributed by atoms with Gasteiger partial charge in [0.25, 0.3) is 0 Å². The SMILES string of the molecule is O=C(C[C@@H]1Sc2ccccc2NC1=O)NCc1ccc(N2CCOCC2)nc1. The second-order valence-corrected chi connectivity index (χ2v) is 7.94. The summed E-state index contributed by atoms with van der Waals surface area (Å²) in [7, 11) is 0. The van der Waals surface area contributed by atoms with Crippen LogP contribution in [0.5, 0.6) is 0 Å². The Kier molecular flexibility index (Phi) is 5.78. The van der Waals surface area contributed by atoms with E-state index in [1.165, 1.54) is 11.8 Å². The molecule has 0 aliphatic carbocycles. The van der Waals surface area contributed by atoms with Gasteiger partial charge < -0.3 is 20.3 Å². The van der Waals surface area contributed by atoms with Crippen LogP contribution in [0.3, 0.4) is 0 Å². The molecule has 7 nitrogen and oxygen atoms in total. The summed E-state index contributed by atoms with van der Waals surface area (Å²) < 4.78 is 5.35. The molecule has 3 heterocycles. The van der Waals surface area contributed by atoms with Crippen molar-refractivity contribution in [1.29, 1.82) is 0 Å². The number of nitrogens with one attached hydrogen (secondary N) is 2. The van der Waals surface area contributed by atoms with Crippen LogP contribution in [-0.2, 0) is 20.9 Å². The van der Waals surface area contributed by atoms with Gasteiger partial charge in [0.05, 0.1) is 24.2 Å². The quantitative estimate of drug-likeness (QED) is 0.802. The summed E-state index contributed by atoms with van der Waals surface area (Å²) >= 11 is 1.43. The average Bonchev–Trinajstić information content (AvgIpc) is 2.74. The summed E-state index contributed by atoms with van der Waals surface area (Å²) in [5.74, 6) is 0.645. The first-order chi connectivity index (χ1) is 13.7. The van der Waals surface area contributed by atoms with E-state index in [-0.39, 0.29) is 18.2 Å². The first-order valence-electron chi connectivity index (χ1n) is 9.30. The smallest absolute Gasteiger partial charge is 0.238 e. The fraction of sp³-hybridized carbons (Fsp3) is 0.350. The van der Waals surface area contributed by atoms with Gasteiger partial charge in [0.15, 0.2) is 0 Å². The Balaban J connectivity index is 1.28. The van der Waals surface area contributed by atoms with Gasteiger partial charge in [0, 0.05) is 37.1 Å². The first kappa shape index (κ1) is 18.8. The molecule has 2 aliphatic rings. The zero-order chi connectivity index (χ0) is 19.3. The van der Waals surface area contributed by atoms with Gasteiger partial charge in [0.1, 0.15) is 5.82 Å². The third kappa shape index (κ3) is 4.45. The van der Waals surface area contributed by atoms with Crippen molar-refractivity contribution < 1.29 is 14.3 Å². The van der Waals surface area contributed by atoms with Crippen molar-refractivity contribution in [3.05, 3.63) is 48.2 Å². The fourth-order valence-corrected chi connectivity index (χ4v) is 4.28. The van der Waals surface area contributed by atoms with E-state index < -0.39 is 5.25 Å². The molecule has 1 fully saturated rings. The van der Waals surface area contributed by atoms with E-state index in [9.17, 15) is 9.59 Å². The maximum Gasteiger partial charge on any atom is 0.238 e. The van der Waals surface area contributed by atoms with Crippen molar-refractivity contribution in [3.63, 3.8) is 0 Å². The summed E-state index contributed by atoms with van der Waals surface area (Å²) in [4.78, 5) is 32.2.